The normalized spacial score (nSPS) is 8.69. The molecule has 0 saturated heterocycles. The zero-order chi connectivity index (χ0) is 9.68. The number of hydrogen-bond donors (Lipinski definition) is 1. The van der Waals surface area contributed by atoms with Crippen LogP contribution in [0.25, 0.3) is 0 Å². The lowest BCUT2D eigenvalue weighted by atomic mass is 10.3. The highest BCUT2D eigenvalue weighted by molar-refractivity contribution is 5.34. The van der Waals surface area contributed by atoms with E-state index in [9.17, 15) is 10.1 Å². The Kier molecular flexibility index (Phi) is 2.95. The lowest BCUT2D eigenvalue weighted by Crippen LogP contribution is -1.90. The molecule has 0 fully saturated rings. The van der Waals surface area contributed by atoms with E-state index in [4.69, 9.17) is 5.11 Å². The van der Waals surface area contributed by atoms with Gasteiger partial charge in [0.05, 0.1) is 4.92 Å². The summed E-state index contributed by atoms with van der Waals surface area (Å²) in [6, 6.07) is 2.75. The topological polar surface area (TPSA) is 76.3 Å². The number of rotatable bonds is 1. The fourth-order valence-electron chi connectivity index (χ4n) is 0.698. The van der Waals surface area contributed by atoms with Crippen LogP contribution in [-0.4, -0.2) is 21.6 Å². The SMILES string of the molecule is O=[N+]([O-])c1ccc(C#CCO)nc1. The van der Waals surface area contributed by atoms with Gasteiger partial charge in [0.25, 0.3) is 5.69 Å². The largest absolute Gasteiger partial charge is 0.384 e. The Labute approximate surface area is 74.2 Å². The molecule has 0 saturated carbocycles. The van der Waals surface area contributed by atoms with E-state index in [0.29, 0.717) is 5.69 Å². The van der Waals surface area contributed by atoms with E-state index < -0.39 is 4.92 Å². The summed E-state index contributed by atoms with van der Waals surface area (Å²) in [5.74, 6) is 4.91. The second-order valence-electron chi connectivity index (χ2n) is 2.12. The third kappa shape index (κ3) is 2.54. The summed E-state index contributed by atoms with van der Waals surface area (Å²) in [4.78, 5) is 13.4. The van der Waals surface area contributed by atoms with Gasteiger partial charge >= 0.3 is 0 Å². The highest BCUT2D eigenvalue weighted by atomic mass is 16.6. The average molecular weight is 178 g/mol. The van der Waals surface area contributed by atoms with Crippen molar-refractivity contribution in [1.82, 2.24) is 4.98 Å². The standard InChI is InChI=1S/C8H6N2O3/c11-5-1-2-7-3-4-8(6-9-7)10(12)13/h3-4,6,11H,5H2. The summed E-state index contributed by atoms with van der Waals surface area (Å²) in [5, 5.41) is 18.6. The number of aromatic nitrogens is 1. The van der Waals surface area contributed by atoms with Crippen LogP contribution < -0.4 is 0 Å². The molecule has 5 heteroatoms. The van der Waals surface area contributed by atoms with Gasteiger partial charge in [0.1, 0.15) is 18.5 Å². The predicted octanol–water partition coefficient (Wildman–Crippen LogP) is 0.334. The Bertz CT molecular complexity index is 361. The molecule has 0 unspecified atom stereocenters. The van der Waals surface area contributed by atoms with Gasteiger partial charge < -0.3 is 5.11 Å². The quantitative estimate of drug-likeness (QED) is 0.382. The van der Waals surface area contributed by atoms with E-state index in [-0.39, 0.29) is 12.3 Å². The minimum atomic E-state index is -0.531. The van der Waals surface area contributed by atoms with Crippen LogP contribution >= 0.6 is 0 Å². The van der Waals surface area contributed by atoms with Crippen molar-refractivity contribution in [2.45, 2.75) is 0 Å². The number of pyridine rings is 1. The van der Waals surface area contributed by atoms with Crippen LogP contribution in [-0.2, 0) is 0 Å². The lowest BCUT2D eigenvalue weighted by molar-refractivity contribution is -0.385. The minimum Gasteiger partial charge on any atom is -0.384 e. The number of nitrogens with zero attached hydrogens (tertiary/aromatic N) is 2. The summed E-state index contributed by atoms with van der Waals surface area (Å²) in [7, 11) is 0. The third-order valence-corrected chi connectivity index (χ3v) is 1.25. The first kappa shape index (κ1) is 9.16. The van der Waals surface area contributed by atoms with Crippen LogP contribution in [0.15, 0.2) is 18.3 Å². The molecular weight excluding hydrogens is 172 g/mol. The van der Waals surface area contributed by atoms with Crippen molar-refractivity contribution in [2.24, 2.45) is 0 Å². The summed E-state index contributed by atoms with van der Waals surface area (Å²) in [6.07, 6.45) is 1.13. The van der Waals surface area contributed by atoms with Crippen molar-refractivity contribution in [1.29, 1.82) is 0 Å². The fourth-order valence-corrected chi connectivity index (χ4v) is 0.698. The maximum absolute atomic E-state index is 10.2. The molecule has 0 atom stereocenters. The second kappa shape index (κ2) is 4.18. The van der Waals surface area contributed by atoms with Crippen molar-refractivity contribution in [3.8, 4) is 11.8 Å². The van der Waals surface area contributed by atoms with Gasteiger partial charge in [-0.15, -0.1) is 0 Å². The lowest BCUT2D eigenvalue weighted by Gasteiger charge is -1.89. The van der Waals surface area contributed by atoms with Crippen molar-refractivity contribution >= 4 is 5.69 Å². The summed E-state index contributed by atoms with van der Waals surface area (Å²) in [6.45, 7) is -0.251. The van der Waals surface area contributed by atoms with E-state index in [1.807, 2.05) is 0 Å². The molecule has 0 aliphatic rings. The smallest absolute Gasteiger partial charge is 0.287 e. The highest BCUT2D eigenvalue weighted by Gasteiger charge is 2.03. The van der Waals surface area contributed by atoms with Crippen LogP contribution in [0, 0.1) is 22.0 Å². The monoisotopic (exact) mass is 178 g/mol. The zero-order valence-electron chi connectivity index (χ0n) is 6.60. The van der Waals surface area contributed by atoms with Crippen LogP contribution in [0.3, 0.4) is 0 Å². The molecule has 1 N–H and O–H groups in total. The first-order valence-corrected chi connectivity index (χ1v) is 3.44. The fraction of sp³-hybridized carbons (Fsp3) is 0.125. The van der Waals surface area contributed by atoms with Gasteiger partial charge in [0.15, 0.2) is 0 Å². The maximum atomic E-state index is 10.2. The highest BCUT2D eigenvalue weighted by Crippen LogP contribution is 2.07. The van der Waals surface area contributed by atoms with E-state index in [1.54, 1.807) is 0 Å². The van der Waals surface area contributed by atoms with Gasteiger partial charge in [0, 0.05) is 6.07 Å². The minimum absolute atomic E-state index is 0.0745. The Balaban J connectivity index is 2.87. The Morgan fingerprint density at radius 1 is 1.62 bits per heavy atom. The molecule has 0 amide bonds. The summed E-state index contributed by atoms with van der Waals surface area (Å²) < 4.78 is 0. The van der Waals surface area contributed by atoms with Crippen LogP contribution in [0.5, 0.6) is 0 Å². The van der Waals surface area contributed by atoms with E-state index >= 15 is 0 Å². The van der Waals surface area contributed by atoms with Crippen molar-refractivity contribution in [2.75, 3.05) is 6.61 Å². The van der Waals surface area contributed by atoms with Crippen LogP contribution in [0.4, 0.5) is 5.69 Å². The number of aliphatic hydroxyl groups excluding tert-OH is 1. The van der Waals surface area contributed by atoms with Gasteiger partial charge in [-0.2, -0.15) is 0 Å². The molecule has 66 valence electrons. The predicted molar refractivity (Wildman–Crippen MR) is 44.9 cm³/mol. The van der Waals surface area contributed by atoms with Gasteiger partial charge in [-0.25, -0.2) is 4.98 Å². The number of aliphatic hydroxyl groups is 1. The molecule has 0 aliphatic carbocycles. The van der Waals surface area contributed by atoms with Gasteiger partial charge in [-0.05, 0) is 12.0 Å². The summed E-state index contributed by atoms with van der Waals surface area (Å²) in [5.41, 5.74) is 0.328. The van der Waals surface area contributed by atoms with E-state index in [1.165, 1.54) is 12.1 Å². The molecule has 1 heterocycles. The maximum Gasteiger partial charge on any atom is 0.287 e. The zero-order valence-corrected chi connectivity index (χ0v) is 6.60. The van der Waals surface area contributed by atoms with Crippen LogP contribution in [0.2, 0.25) is 0 Å². The summed E-state index contributed by atoms with van der Waals surface area (Å²) >= 11 is 0. The van der Waals surface area contributed by atoms with Crippen molar-refractivity contribution in [3.63, 3.8) is 0 Å². The molecule has 0 radical (unpaired) electrons. The Morgan fingerprint density at radius 3 is 2.85 bits per heavy atom. The van der Waals surface area contributed by atoms with Gasteiger partial charge in [-0.3, -0.25) is 10.1 Å². The first-order chi connectivity index (χ1) is 6.24. The molecule has 0 aromatic carbocycles. The van der Waals surface area contributed by atoms with Gasteiger partial charge in [-0.1, -0.05) is 5.92 Å². The first-order valence-electron chi connectivity index (χ1n) is 3.44. The Morgan fingerprint density at radius 2 is 2.38 bits per heavy atom. The van der Waals surface area contributed by atoms with Crippen molar-refractivity contribution < 1.29 is 10.0 Å². The molecule has 1 aromatic rings. The van der Waals surface area contributed by atoms with E-state index in [0.717, 1.165) is 6.20 Å². The van der Waals surface area contributed by atoms with Gasteiger partial charge in [0.2, 0.25) is 0 Å². The molecule has 0 spiro atoms. The molecule has 5 nitrogen and oxygen atoms in total. The Hall–Kier alpha value is -1.93. The van der Waals surface area contributed by atoms with E-state index in [2.05, 4.69) is 16.8 Å². The molecule has 0 aliphatic heterocycles. The molecule has 1 rings (SSSR count). The number of hydrogen-bond acceptors (Lipinski definition) is 4. The number of nitro groups is 1. The van der Waals surface area contributed by atoms with Crippen LogP contribution in [0.1, 0.15) is 5.69 Å². The molecule has 13 heavy (non-hydrogen) atoms. The molecule has 1 aromatic heterocycles. The molecular formula is C8H6N2O3. The molecule has 0 bridgehead atoms. The average Bonchev–Trinajstić information content (AvgIpc) is 2.15. The third-order valence-electron chi connectivity index (χ3n) is 1.25. The second-order valence-corrected chi connectivity index (χ2v) is 2.12. The van der Waals surface area contributed by atoms with Crippen molar-refractivity contribution in [3.05, 3.63) is 34.1 Å².